The zero-order valence-corrected chi connectivity index (χ0v) is 16.8. The Kier molecular flexibility index (Phi) is 4.49. The number of piperazine rings is 1. The number of hydrogen-bond acceptors (Lipinski definition) is 5. The highest BCUT2D eigenvalue weighted by Gasteiger charge is 2.53. The molecule has 154 valence electrons. The van der Waals surface area contributed by atoms with Gasteiger partial charge >= 0.3 is 0 Å². The molecule has 2 aliphatic rings. The van der Waals surface area contributed by atoms with E-state index in [-0.39, 0.29) is 11.7 Å². The number of rotatable bonds is 4. The Morgan fingerprint density at radius 3 is 2.37 bits per heavy atom. The second-order valence-electron chi connectivity index (χ2n) is 7.95. The van der Waals surface area contributed by atoms with Gasteiger partial charge in [-0.1, -0.05) is 12.1 Å². The highest BCUT2D eigenvalue weighted by Crippen LogP contribution is 2.49. The van der Waals surface area contributed by atoms with E-state index >= 15 is 0 Å². The van der Waals surface area contributed by atoms with Crippen molar-refractivity contribution in [3.63, 3.8) is 0 Å². The average Bonchev–Trinajstić information content (AvgIpc) is 3.38. The number of hydrogen-bond donors (Lipinski definition) is 0. The predicted octanol–water partition coefficient (Wildman–Crippen LogP) is 2.49. The van der Waals surface area contributed by atoms with Gasteiger partial charge in [-0.05, 0) is 43.5 Å². The summed E-state index contributed by atoms with van der Waals surface area (Å²) < 4.78 is 15.0. The Bertz CT molecular complexity index is 1050. The summed E-state index contributed by atoms with van der Waals surface area (Å²) >= 11 is 0. The molecule has 1 saturated heterocycles. The van der Waals surface area contributed by atoms with E-state index in [1.807, 2.05) is 30.2 Å². The molecule has 1 aromatic carbocycles. The third-order valence-corrected chi connectivity index (χ3v) is 6.00. The Hall–Kier alpha value is -3.29. The van der Waals surface area contributed by atoms with E-state index in [1.165, 1.54) is 12.1 Å². The van der Waals surface area contributed by atoms with Crippen LogP contribution in [-0.4, -0.2) is 56.7 Å². The van der Waals surface area contributed by atoms with Crippen molar-refractivity contribution < 1.29 is 9.18 Å². The van der Waals surface area contributed by atoms with Crippen LogP contribution in [-0.2, 0) is 10.2 Å². The summed E-state index contributed by atoms with van der Waals surface area (Å²) in [7, 11) is 0. The summed E-state index contributed by atoms with van der Waals surface area (Å²) in [5, 5.41) is 4.25. The van der Waals surface area contributed by atoms with Gasteiger partial charge in [0.15, 0.2) is 5.82 Å². The van der Waals surface area contributed by atoms with E-state index in [0.29, 0.717) is 32.0 Å². The molecule has 3 aromatic rings. The second kappa shape index (κ2) is 7.19. The number of aromatic nitrogens is 4. The molecule has 1 amide bonds. The van der Waals surface area contributed by atoms with E-state index in [1.54, 1.807) is 23.0 Å². The first kappa shape index (κ1) is 18.7. The second-order valence-corrected chi connectivity index (χ2v) is 7.95. The molecule has 7 nitrogen and oxygen atoms in total. The molecule has 1 aliphatic heterocycles. The van der Waals surface area contributed by atoms with Gasteiger partial charge in [0.1, 0.15) is 17.5 Å². The zero-order chi connectivity index (χ0) is 20.7. The van der Waals surface area contributed by atoms with Gasteiger partial charge in [0.25, 0.3) is 0 Å². The number of carbonyl (C=O) groups is 1. The van der Waals surface area contributed by atoms with Crippen LogP contribution in [0.1, 0.15) is 24.2 Å². The maximum Gasteiger partial charge on any atom is 0.233 e. The molecule has 1 saturated carbocycles. The lowest BCUT2D eigenvalue weighted by atomic mass is 9.94. The Morgan fingerprint density at radius 2 is 1.73 bits per heavy atom. The smallest absolute Gasteiger partial charge is 0.233 e. The van der Waals surface area contributed by atoms with Crippen molar-refractivity contribution in [3.8, 4) is 5.82 Å². The maximum absolute atomic E-state index is 13.3. The molecule has 30 heavy (non-hydrogen) atoms. The van der Waals surface area contributed by atoms with Crippen LogP contribution in [0.2, 0.25) is 0 Å². The Morgan fingerprint density at radius 1 is 1.03 bits per heavy atom. The van der Waals surface area contributed by atoms with Crippen LogP contribution in [0.4, 0.5) is 10.2 Å². The summed E-state index contributed by atoms with van der Waals surface area (Å²) in [6.07, 6.45) is 5.23. The fraction of sp³-hybridized carbons (Fsp3) is 0.364. The maximum atomic E-state index is 13.3. The lowest BCUT2D eigenvalue weighted by Gasteiger charge is -2.37. The molecule has 1 aliphatic carbocycles. The number of carbonyl (C=O) groups excluding carboxylic acids is 1. The van der Waals surface area contributed by atoms with Crippen molar-refractivity contribution in [2.75, 3.05) is 31.1 Å². The molecule has 0 radical (unpaired) electrons. The van der Waals surface area contributed by atoms with Crippen molar-refractivity contribution in [1.82, 2.24) is 24.6 Å². The zero-order valence-electron chi connectivity index (χ0n) is 16.8. The van der Waals surface area contributed by atoms with Gasteiger partial charge < -0.3 is 9.80 Å². The molecule has 8 heteroatoms. The van der Waals surface area contributed by atoms with Crippen molar-refractivity contribution in [1.29, 1.82) is 0 Å². The van der Waals surface area contributed by atoms with Gasteiger partial charge in [0, 0.05) is 44.6 Å². The summed E-state index contributed by atoms with van der Waals surface area (Å²) in [6.45, 7) is 4.57. The summed E-state index contributed by atoms with van der Waals surface area (Å²) in [5.41, 5.74) is 0.459. The first-order valence-corrected chi connectivity index (χ1v) is 10.2. The van der Waals surface area contributed by atoms with Crippen molar-refractivity contribution >= 4 is 11.7 Å². The molecule has 2 fully saturated rings. The Labute approximate surface area is 174 Å². The first-order valence-electron chi connectivity index (χ1n) is 10.2. The SMILES string of the molecule is Cc1nc(N2CCN(C(=O)C3(c4ccc(F)cc4)CC3)CC2)cc(-n2cccn2)n1. The fourth-order valence-corrected chi connectivity index (χ4v) is 4.18. The number of halogens is 1. The van der Waals surface area contributed by atoms with Crippen LogP contribution in [0.5, 0.6) is 0 Å². The predicted molar refractivity (Wildman–Crippen MR) is 110 cm³/mol. The van der Waals surface area contributed by atoms with Gasteiger partial charge in [-0.15, -0.1) is 0 Å². The molecule has 5 rings (SSSR count). The number of amides is 1. The lowest BCUT2D eigenvalue weighted by molar-refractivity contribution is -0.134. The lowest BCUT2D eigenvalue weighted by Crippen LogP contribution is -2.51. The van der Waals surface area contributed by atoms with E-state index in [2.05, 4.69) is 20.0 Å². The highest BCUT2D eigenvalue weighted by atomic mass is 19.1. The van der Waals surface area contributed by atoms with Crippen LogP contribution >= 0.6 is 0 Å². The minimum atomic E-state index is -0.464. The largest absolute Gasteiger partial charge is 0.353 e. The average molecular weight is 406 g/mol. The number of anilines is 1. The van der Waals surface area contributed by atoms with E-state index in [4.69, 9.17) is 0 Å². The van der Waals surface area contributed by atoms with Crippen LogP contribution in [0.3, 0.4) is 0 Å². The standard InChI is InChI=1S/C22H23FN6O/c1-16-25-19(15-20(26-16)29-10-2-9-24-29)27-11-13-28(14-12-27)21(30)22(7-8-22)17-3-5-18(23)6-4-17/h2-6,9-10,15H,7-8,11-14H2,1H3. The molecular formula is C22H23FN6O. The third kappa shape index (κ3) is 3.32. The fourth-order valence-electron chi connectivity index (χ4n) is 4.18. The molecule has 0 unspecified atom stereocenters. The number of nitrogens with zero attached hydrogens (tertiary/aromatic N) is 6. The minimum absolute atomic E-state index is 0.157. The van der Waals surface area contributed by atoms with Crippen molar-refractivity contribution in [2.45, 2.75) is 25.2 Å². The van der Waals surface area contributed by atoms with Crippen LogP contribution in [0.15, 0.2) is 48.8 Å². The van der Waals surface area contributed by atoms with Crippen LogP contribution < -0.4 is 4.90 Å². The normalized spacial score (nSPS) is 17.8. The van der Waals surface area contributed by atoms with E-state index in [9.17, 15) is 9.18 Å². The van der Waals surface area contributed by atoms with Crippen molar-refractivity contribution in [3.05, 3.63) is 66.0 Å². The summed E-state index contributed by atoms with van der Waals surface area (Å²) in [5.74, 6) is 2.15. The summed E-state index contributed by atoms with van der Waals surface area (Å²) in [6, 6.07) is 10.2. The molecule has 0 atom stereocenters. The number of aryl methyl sites for hydroxylation is 1. The quantitative estimate of drug-likeness (QED) is 0.666. The van der Waals surface area contributed by atoms with Crippen LogP contribution in [0, 0.1) is 12.7 Å². The van der Waals surface area contributed by atoms with Gasteiger partial charge in [-0.25, -0.2) is 19.0 Å². The third-order valence-electron chi connectivity index (χ3n) is 6.00. The summed E-state index contributed by atoms with van der Waals surface area (Å²) in [4.78, 5) is 26.4. The first-order chi connectivity index (χ1) is 14.5. The van der Waals surface area contributed by atoms with Gasteiger partial charge in [0.05, 0.1) is 5.41 Å². The highest BCUT2D eigenvalue weighted by molar-refractivity contribution is 5.91. The molecule has 0 N–H and O–H groups in total. The number of benzene rings is 1. The van der Waals surface area contributed by atoms with Gasteiger partial charge in [0.2, 0.25) is 5.91 Å². The molecule has 3 heterocycles. The van der Waals surface area contributed by atoms with Crippen molar-refractivity contribution in [2.24, 2.45) is 0 Å². The molecular weight excluding hydrogens is 383 g/mol. The van der Waals surface area contributed by atoms with Gasteiger partial charge in [-0.3, -0.25) is 4.79 Å². The molecule has 2 aromatic heterocycles. The van der Waals surface area contributed by atoms with Gasteiger partial charge in [-0.2, -0.15) is 5.10 Å². The molecule has 0 bridgehead atoms. The van der Waals surface area contributed by atoms with E-state index in [0.717, 1.165) is 30.0 Å². The van der Waals surface area contributed by atoms with Crippen LogP contribution in [0.25, 0.3) is 5.82 Å². The van der Waals surface area contributed by atoms with E-state index < -0.39 is 5.41 Å². The topological polar surface area (TPSA) is 67.2 Å². The minimum Gasteiger partial charge on any atom is -0.353 e. The Balaban J connectivity index is 1.29. The molecule has 0 spiro atoms. The monoisotopic (exact) mass is 406 g/mol.